The Labute approximate surface area is 91.2 Å². The summed E-state index contributed by atoms with van der Waals surface area (Å²) in [5.41, 5.74) is -0.0115. The molecule has 1 heterocycles. The van der Waals surface area contributed by atoms with Gasteiger partial charge in [0.15, 0.2) is 5.69 Å². The van der Waals surface area contributed by atoms with Gasteiger partial charge in [0, 0.05) is 6.07 Å². The molecule has 0 saturated heterocycles. The maximum absolute atomic E-state index is 11.3. The summed E-state index contributed by atoms with van der Waals surface area (Å²) in [5.74, 6) is -1.35. The van der Waals surface area contributed by atoms with Crippen molar-refractivity contribution in [3.8, 4) is 6.07 Å². The van der Waals surface area contributed by atoms with E-state index in [1.807, 2.05) is 6.07 Å². The smallest absolute Gasteiger partial charge is 0.358 e. The number of ether oxygens (including phenoxy) is 2. The molecule has 0 fully saturated rings. The number of nitriles is 1. The van der Waals surface area contributed by atoms with Crippen LogP contribution in [0.3, 0.4) is 0 Å². The molecule has 0 aliphatic heterocycles. The normalized spacial score (nSPS) is 9.31. The first-order valence-electron chi connectivity index (χ1n) is 4.25. The average Bonchev–Trinajstić information content (AvgIpc) is 2.71. The van der Waals surface area contributed by atoms with Gasteiger partial charge in [-0.25, -0.2) is 14.3 Å². The highest BCUT2D eigenvalue weighted by Gasteiger charge is 2.19. The van der Waals surface area contributed by atoms with E-state index in [1.165, 1.54) is 20.3 Å². The number of carbonyl (C=O) groups is 2. The van der Waals surface area contributed by atoms with Crippen LogP contribution in [0.2, 0.25) is 0 Å². The number of rotatable bonds is 3. The average molecular weight is 223 g/mol. The number of aromatic nitrogens is 2. The molecule has 1 aromatic rings. The second-order valence-corrected chi connectivity index (χ2v) is 2.71. The zero-order valence-electron chi connectivity index (χ0n) is 8.76. The predicted molar refractivity (Wildman–Crippen MR) is 50.5 cm³/mol. The van der Waals surface area contributed by atoms with Gasteiger partial charge >= 0.3 is 11.9 Å². The summed E-state index contributed by atoms with van der Waals surface area (Å²) in [7, 11) is 2.40. The van der Waals surface area contributed by atoms with E-state index in [0.29, 0.717) is 0 Å². The Balaban J connectivity index is 3.15. The third kappa shape index (κ3) is 2.17. The molecule has 16 heavy (non-hydrogen) atoms. The van der Waals surface area contributed by atoms with Crippen LogP contribution in [0, 0.1) is 11.3 Å². The van der Waals surface area contributed by atoms with Crippen LogP contribution in [-0.2, 0) is 16.0 Å². The largest absolute Gasteiger partial charge is 0.464 e. The molecule has 0 unspecified atom stereocenters. The summed E-state index contributed by atoms with van der Waals surface area (Å²) < 4.78 is 10.0. The number of esters is 2. The van der Waals surface area contributed by atoms with E-state index >= 15 is 0 Å². The summed E-state index contributed by atoms with van der Waals surface area (Å²) in [6.45, 7) is -0.151. The maximum atomic E-state index is 11.3. The van der Waals surface area contributed by atoms with E-state index in [1.54, 1.807) is 0 Å². The molecule has 0 atom stereocenters. The SMILES string of the molecule is COC(=O)c1cc(C(=O)OC)n(CC#N)n1. The molecule has 84 valence electrons. The summed E-state index contributed by atoms with van der Waals surface area (Å²) in [4.78, 5) is 22.4. The van der Waals surface area contributed by atoms with Crippen molar-refractivity contribution in [2.24, 2.45) is 0 Å². The van der Waals surface area contributed by atoms with E-state index in [-0.39, 0.29) is 17.9 Å². The summed E-state index contributed by atoms with van der Waals surface area (Å²) in [5, 5.41) is 12.3. The first kappa shape index (κ1) is 11.7. The Morgan fingerprint density at radius 1 is 1.44 bits per heavy atom. The van der Waals surface area contributed by atoms with E-state index in [2.05, 4.69) is 14.6 Å². The van der Waals surface area contributed by atoms with Crippen molar-refractivity contribution in [1.29, 1.82) is 5.26 Å². The van der Waals surface area contributed by atoms with Crippen LogP contribution < -0.4 is 0 Å². The lowest BCUT2D eigenvalue weighted by Gasteiger charge is -1.99. The zero-order chi connectivity index (χ0) is 12.1. The third-order valence-electron chi connectivity index (χ3n) is 1.79. The number of hydrogen-bond donors (Lipinski definition) is 0. The van der Waals surface area contributed by atoms with Gasteiger partial charge < -0.3 is 9.47 Å². The minimum absolute atomic E-state index is 0.0319. The van der Waals surface area contributed by atoms with E-state index < -0.39 is 11.9 Å². The summed E-state index contributed by atoms with van der Waals surface area (Å²) >= 11 is 0. The molecule has 0 amide bonds. The predicted octanol–water partition coefficient (Wildman–Crippen LogP) is -0.0201. The van der Waals surface area contributed by atoms with Crippen LogP contribution in [0.15, 0.2) is 6.07 Å². The van der Waals surface area contributed by atoms with Crippen molar-refractivity contribution in [2.75, 3.05) is 14.2 Å². The number of methoxy groups -OCH3 is 2. The molecule has 0 N–H and O–H groups in total. The van der Waals surface area contributed by atoms with E-state index in [0.717, 1.165) is 4.68 Å². The standard InChI is InChI=1S/C9H9N3O4/c1-15-8(13)6-5-7(9(14)16-2)12(11-6)4-3-10/h5H,4H2,1-2H3. The maximum Gasteiger partial charge on any atom is 0.358 e. The van der Waals surface area contributed by atoms with Crippen LogP contribution >= 0.6 is 0 Å². The number of carbonyl (C=O) groups excluding carboxylic acids is 2. The second-order valence-electron chi connectivity index (χ2n) is 2.71. The van der Waals surface area contributed by atoms with Gasteiger partial charge in [0.2, 0.25) is 0 Å². The highest BCUT2D eigenvalue weighted by molar-refractivity contribution is 5.93. The molecule has 0 aliphatic rings. The second kappa shape index (κ2) is 4.93. The number of nitrogens with zero attached hydrogens (tertiary/aromatic N) is 3. The molecule has 0 aliphatic carbocycles. The summed E-state index contributed by atoms with van der Waals surface area (Å²) in [6, 6.07) is 3.03. The highest BCUT2D eigenvalue weighted by atomic mass is 16.5. The van der Waals surface area contributed by atoms with Crippen molar-refractivity contribution in [3.63, 3.8) is 0 Å². The van der Waals surface area contributed by atoms with Gasteiger partial charge in [-0.05, 0) is 0 Å². The van der Waals surface area contributed by atoms with Crippen LogP contribution in [0.4, 0.5) is 0 Å². The van der Waals surface area contributed by atoms with E-state index in [4.69, 9.17) is 5.26 Å². The number of hydrogen-bond acceptors (Lipinski definition) is 6. The molecule has 7 nitrogen and oxygen atoms in total. The minimum Gasteiger partial charge on any atom is -0.464 e. The molecule has 0 aromatic carbocycles. The van der Waals surface area contributed by atoms with Crippen LogP contribution in [0.5, 0.6) is 0 Å². The lowest BCUT2D eigenvalue weighted by molar-refractivity contribution is 0.0582. The Morgan fingerprint density at radius 3 is 2.56 bits per heavy atom. The molecule has 0 bridgehead atoms. The fourth-order valence-electron chi connectivity index (χ4n) is 1.08. The Bertz CT molecular complexity index is 458. The lowest BCUT2D eigenvalue weighted by atomic mass is 10.3. The van der Waals surface area contributed by atoms with Gasteiger partial charge in [-0.3, -0.25) is 0 Å². The molecular formula is C9H9N3O4. The molecule has 1 rings (SSSR count). The molecule has 7 heteroatoms. The fourth-order valence-corrected chi connectivity index (χ4v) is 1.08. The van der Waals surface area contributed by atoms with Crippen LogP contribution in [0.25, 0.3) is 0 Å². The van der Waals surface area contributed by atoms with Gasteiger partial charge in [0.05, 0.1) is 20.3 Å². The van der Waals surface area contributed by atoms with Crippen molar-refractivity contribution < 1.29 is 19.1 Å². The van der Waals surface area contributed by atoms with Crippen LogP contribution in [-0.4, -0.2) is 35.9 Å². The minimum atomic E-state index is -0.679. The monoisotopic (exact) mass is 223 g/mol. The fraction of sp³-hybridized carbons (Fsp3) is 0.333. The Morgan fingerprint density at radius 2 is 2.06 bits per heavy atom. The molecule has 0 radical (unpaired) electrons. The third-order valence-corrected chi connectivity index (χ3v) is 1.79. The highest BCUT2D eigenvalue weighted by Crippen LogP contribution is 2.07. The molecule has 0 spiro atoms. The van der Waals surface area contributed by atoms with Crippen molar-refractivity contribution >= 4 is 11.9 Å². The quantitative estimate of drug-likeness (QED) is 0.668. The van der Waals surface area contributed by atoms with E-state index in [9.17, 15) is 9.59 Å². The first-order valence-corrected chi connectivity index (χ1v) is 4.25. The topological polar surface area (TPSA) is 94.2 Å². The first-order chi connectivity index (χ1) is 7.63. The summed E-state index contributed by atoms with van der Waals surface area (Å²) in [6.07, 6.45) is 0. The molecule has 0 saturated carbocycles. The van der Waals surface area contributed by atoms with Gasteiger partial charge in [-0.15, -0.1) is 0 Å². The Kier molecular flexibility index (Phi) is 3.61. The van der Waals surface area contributed by atoms with Gasteiger partial charge in [-0.2, -0.15) is 10.4 Å². The van der Waals surface area contributed by atoms with Crippen LogP contribution in [0.1, 0.15) is 21.0 Å². The van der Waals surface area contributed by atoms with Gasteiger partial charge in [0.1, 0.15) is 12.2 Å². The van der Waals surface area contributed by atoms with Crippen molar-refractivity contribution in [2.45, 2.75) is 6.54 Å². The lowest BCUT2D eigenvalue weighted by Crippen LogP contribution is -2.11. The Hall–Kier alpha value is -2.36. The zero-order valence-corrected chi connectivity index (χ0v) is 8.76. The van der Waals surface area contributed by atoms with Crippen molar-refractivity contribution in [1.82, 2.24) is 9.78 Å². The van der Waals surface area contributed by atoms with Gasteiger partial charge in [0.25, 0.3) is 0 Å². The molecular weight excluding hydrogens is 214 g/mol. The molecule has 1 aromatic heterocycles. The van der Waals surface area contributed by atoms with Gasteiger partial charge in [-0.1, -0.05) is 0 Å². The van der Waals surface area contributed by atoms with Crippen molar-refractivity contribution in [3.05, 3.63) is 17.5 Å².